The summed E-state index contributed by atoms with van der Waals surface area (Å²) in [5.41, 5.74) is 0.852. The number of para-hydroxylation sites is 1. The van der Waals surface area contributed by atoms with Crippen molar-refractivity contribution in [2.24, 2.45) is 5.14 Å². The lowest BCUT2D eigenvalue weighted by Gasteiger charge is -2.28. The topological polar surface area (TPSA) is 147 Å². The number of nitrogens with zero attached hydrogens (tertiary/aromatic N) is 2. The summed E-state index contributed by atoms with van der Waals surface area (Å²) in [6, 6.07) is 8.93. The van der Waals surface area contributed by atoms with Crippen LogP contribution in [0.25, 0.3) is 10.9 Å². The first-order chi connectivity index (χ1) is 19.1. The van der Waals surface area contributed by atoms with Gasteiger partial charge in [-0.25, -0.2) is 17.9 Å². The molecule has 2 atom stereocenters. The van der Waals surface area contributed by atoms with E-state index >= 15 is 4.39 Å². The lowest BCUT2D eigenvalue weighted by atomic mass is 9.98. The van der Waals surface area contributed by atoms with Crippen molar-refractivity contribution in [3.8, 4) is 0 Å². The molecule has 2 heterocycles. The standard InChI is InChI=1S/C27H31ClFN5O5S/c28-21-10-16(22(29)13-24(21)31-27(36)26-20-8-4-5-9-23(20)32-33-26)11-25(35)34-14-19(40(30,37)38)12-17(34)15-39-18-6-2-1-3-7-18/h4-5,8-10,13,17-19H,1-3,6-7,11-12,14-15H2,(H,31,36)(H,32,33)(H2,30,37,38)/t17-,19?/m0/s1. The minimum Gasteiger partial charge on any atom is -0.376 e. The van der Waals surface area contributed by atoms with E-state index in [9.17, 15) is 18.0 Å². The molecule has 3 aromatic rings. The second-order valence-electron chi connectivity index (χ2n) is 10.4. The van der Waals surface area contributed by atoms with Crippen molar-refractivity contribution >= 4 is 50.0 Å². The average molecular weight is 592 g/mol. The molecule has 1 aliphatic carbocycles. The Morgan fingerprint density at radius 1 is 1.20 bits per heavy atom. The van der Waals surface area contributed by atoms with Crippen molar-refractivity contribution in [3.63, 3.8) is 0 Å². The molecule has 2 fully saturated rings. The minimum absolute atomic E-state index is 0.0178. The Kier molecular flexibility index (Phi) is 8.41. The summed E-state index contributed by atoms with van der Waals surface area (Å²) in [7, 11) is -3.87. The lowest BCUT2D eigenvalue weighted by molar-refractivity contribution is -0.133. The smallest absolute Gasteiger partial charge is 0.276 e. The number of amides is 2. The maximum Gasteiger partial charge on any atom is 0.276 e. The number of fused-ring (bicyclic) bond motifs is 1. The average Bonchev–Trinajstić information content (AvgIpc) is 3.56. The molecule has 0 spiro atoms. The highest BCUT2D eigenvalue weighted by molar-refractivity contribution is 7.89. The highest BCUT2D eigenvalue weighted by Crippen LogP contribution is 2.30. The van der Waals surface area contributed by atoms with Gasteiger partial charge in [0.25, 0.3) is 5.91 Å². The molecule has 40 heavy (non-hydrogen) atoms. The van der Waals surface area contributed by atoms with Crippen molar-refractivity contribution in [2.45, 2.75) is 62.3 Å². The third-order valence-corrected chi connectivity index (χ3v) is 9.23. The van der Waals surface area contributed by atoms with Crippen LogP contribution < -0.4 is 10.5 Å². The molecule has 2 aliphatic rings. The van der Waals surface area contributed by atoms with Gasteiger partial charge in [-0.1, -0.05) is 49.1 Å². The predicted molar refractivity (Wildman–Crippen MR) is 149 cm³/mol. The fourth-order valence-electron chi connectivity index (χ4n) is 5.46. The molecule has 1 aromatic heterocycles. The molecule has 1 saturated carbocycles. The van der Waals surface area contributed by atoms with Crippen LogP contribution >= 0.6 is 11.6 Å². The molecule has 0 radical (unpaired) electrons. The molecule has 2 aromatic carbocycles. The highest BCUT2D eigenvalue weighted by atomic mass is 35.5. The summed E-state index contributed by atoms with van der Waals surface area (Å²) in [5.74, 6) is -1.77. The number of H-pyrrole nitrogens is 1. The van der Waals surface area contributed by atoms with E-state index in [0.717, 1.165) is 38.2 Å². The number of nitrogens with two attached hydrogens (primary N) is 1. The van der Waals surface area contributed by atoms with Crippen molar-refractivity contribution in [2.75, 3.05) is 18.5 Å². The predicted octanol–water partition coefficient (Wildman–Crippen LogP) is 3.76. The Bertz CT molecular complexity index is 1520. The summed E-state index contributed by atoms with van der Waals surface area (Å²) in [6.45, 7) is 0.107. The number of sulfonamides is 1. The maximum absolute atomic E-state index is 15.1. The third-order valence-electron chi connectivity index (χ3n) is 7.65. The van der Waals surface area contributed by atoms with E-state index in [1.807, 2.05) is 0 Å². The number of carbonyl (C=O) groups excluding carboxylic acids is 2. The van der Waals surface area contributed by atoms with Crippen molar-refractivity contribution in [3.05, 3.63) is 58.5 Å². The van der Waals surface area contributed by atoms with Gasteiger partial charge in [0.2, 0.25) is 15.9 Å². The van der Waals surface area contributed by atoms with Crippen molar-refractivity contribution in [1.29, 1.82) is 0 Å². The number of nitrogens with one attached hydrogen (secondary N) is 2. The molecule has 214 valence electrons. The molecule has 1 unspecified atom stereocenters. The first-order valence-corrected chi connectivity index (χ1v) is 15.2. The molecule has 10 nitrogen and oxygen atoms in total. The molecule has 2 amide bonds. The first-order valence-electron chi connectivity index (χ1n) is 13.2. The number of anilines is 1. The van der Waals surface area contributed by atoms with E-state index < -0.39 is 38.9 Å². The number of primary sulfonamides is 1. The van der Waals surface area contributed by atoms with Gasteiger partial charge >= 0.3 is 0 Å². The minimum atomic E-state index is -3.87. The quantitative estimate of drug-likeness (QED) is 0.363. The fourth-order valence-corrected chi connectivity index (χ4v) is 6.55. The number of aromatic nitrogens is 2. The molecule has 1 aliphatic heterocycles. The van der Waals surface area contributed by atoms with Gasteiger partial charge in [0.15, 0.2) is 5.69 Å². The van der Waals surface area contributed by atoms with E-state index in [1.54, 1.807) is 24.3 Å². The van der Waals surface area contributed by atoms with E-state index in [-0.39, 0.29) is 54.1 Å². The van der Waals surface area contributed by atoms with Gasteiger partial charge in [-0.3, -0.25) is 14.7 Å². The number of hydrogen-bond donors (Lipinski definition) is 3. The Morgan fingerprint density at radius 2 is 1.95 bits per heavy atom. The summed E-state index contributed by atoms with van der Waals surface area (Å²) < 4.78 is 45.3. The van der Waals surface area contributed by atoms with Gasteiger partial charge < -0.3 is 15.0 Å². The zero-order valence-corrected chi connectivity index (χ0v) is 23.3. The van der Waals surface area contributed by atoms with Crippen molar-refractivity contribution in [1.82, 2.24) is 15.1 Å². The van der Waals surface area contributed by atoms with Gasteiger partial charge in [0.1, 0.15) is 5.82 Å². The van der Waals surface area contributed by atoms with Gasteiger partial charge in [-0.05, 0) is 43.0 Å². The number of halogens is 2. The zero-order chi connectivity index (χ0) is 28.4. The van der Waals surface area contributed by atoms with E-state index in [0.29, 0.717) is 10.9 Å². The second-order valence-corrected chi connectivity index (χ2v) is 12.7. The third kappa shape index (κ3) is 6.30. The number of benzene rings is 2. The monoisotopic (exact) mass is 591 g/mol. The van der Waals surface area contributed by atoms with E-state index in [4.69, 9.17) is 21.5 Å². The zero-order valence-electron chi connectivity index (χ0n) is 21.7. The fraction of sp³-hybridized carbons (Fsp3) is 0.444. The Balaban J connectivity index is 1.28. The number of hydrogen-bond acceptors (Lipinski definition) is 6. The van der Waals surface area contributed by atoms with Crippen LogP contribution in [0, 0.1) is 5.82 Å². The molecular formula is C27H31ClFN5O5S. The largest absolute Gasteiger partial charge is 0.376 e. The SMILES string of the molecule is NS(=O)(=O)C1C[C@@H](COC2CCCCC2)N(C(=O)Cc2cc(Cl)c(NC(=O)c3n[nH]c4ccccc34)cc2F)C1. The Hall–Kier alpha value is -3.06. The second kappa shape index (κ2) is 11.8. The normalized spacial score (nSPS) is 20.2. The van der Waals surface area contributed by atoms with Crippen LogP contribution in [-0.2, 0) is 26.0 Å². The summed E-state index contributed by atoms with van der Waals surface area (Å²) in [4.78, 5) is 27.5. The van der Waals surface area contributed by atoms with E-state index in [1.165, 1.54) is 11.0 Å². The molecule has 5 rings (SSSR count). The van der Waals surface area contributed by atoms with Crippen LogP contribution in [0.1, 0.15) is 54.6 Å². The van der Waals surface area contributed by atoms with Gasteiger partial charge in [0.05, 0.1) is 46.7 Å². The van der Waals surface area contributed by atoms with Crippen LogP contribution in [0.2, 0.25) is 5.02 Å². The number of carbonyl (C=O) groups is 2. The van der Waals surface area contributed by atoms with Gasteiger partial charge in [0, 0.05) is 11.9 Å². The van der Waals surface area contributed by atoms with Crippen LogP contribution in [0.15, 0.2) is 36.4 Å². The van der Waals surface area contributed by atoms with E-state index in [2.05, 4.69) is 15.5 Å². The molecule has 4 N–H and O–H groups in total. The highest BCUT2D eigenvalue weighted by Gasteiger charge is 2.41. The first kappa shape index (κ1) is 28.5. The van der Waals surface area contributed by atoms with Crippen LogP contribution in [0.3, 0.4) is 0 Å². The Morgan fingerprint density at radius 3 is 2.70 bits per heavy atom. The maximum atomic E-state index is 15.1. The van der Waals surface area contributed by atoms with Gasteiger partial charge in [-0.2, -0.15) is 5.10 Å². The van der Waals surface area contributed by atoms with Gasteiger partial charge in [-0.15, -0.1) is 0 Å². The van der Waals surface area contributed by atoms with Crippen molar-refractivity contribution < 1.29 is 27.1 Å². The number of ether oxygens (including phenoxy) is 1. The number of aromatic amines is 1. The van der Waals surface area contributed by atoms with Crippen LogP contribution in [0.4, 0.5) is 10.1 Å². The van der Waals surface area contributed by atoms with Crippen LogP contribution in [-0.4, -0.2) is 65.9 Å². The summed E-state index contributed by atoms with van der Waals surface area (Å²) in [6.07, 6.45) is 5.08. The molecule has 13 heteroatoms. The summed E-state index contributed by atoms with van der Waals surface area (Å²) in [5, 5.41) is 14.5. The Labute approximate surface area is 236 Å². The molecule has 1 saturated heterocycles. The lowest BCUT2D eigenvalue weighted by Crippen LogP contribution is -2.41. The molecule has 0 bridgehead atoms. The number of rotatable bonds is 8. The summed E-state index contributed by atoms with van der Waals surface area (Å²) >= 11 is 6.37. The molecular weight excluding hydrogens is 561 g/mol. The number of likely N-dealkylation sites (tertiary alicyclic amines) is 1. The van der Waals surface area contributed by atoms with Crippen LogP contribution in [0.5, 0.6) is 0 Å².